The second kappa shape index (κ2) is 10.0. The lowest BCUT2D eigenvalue weighted by Crippen LogP contribution is -2.54. The van der Waals surface area contributed by atoms with Crippen molar-refractivity contribution >= 4 is 17.8 Å². The number of amides is 1. The molecule has 0 aliphatic carbocycles. The highest BCUT2D eigenvalue weighted by Crippen LogP contribution is 2.35. The van der Waals surface area contributed by atoms with Gasteiger partial charge in [0.25, 0.3) is 0 Å². The fraction of sp³-hybridized carbons (Fsp3) is 0.591. The van der Waals surface area contributed by atoms with Gasteiger partial charge in [0.2, 0.25) is 5.91 Å². The van der Waals surface area contributed by atoms with Gasteiger partial charge in [-0.2, -0.15) is 0 Å². The Bertz CT molecular complexity index is 755. The van der Waals surface area contributed by atoms with E-state index in [4.69, 9.17) is 9.47 Å². The number of esters is 1. The van der Waals surface area contributed by atoms with Crippen molar-refractivity contribution < 1.29 is 29.0 Å². The van der Waals surface area contributed by atoms with Crippen molar-refractivity contribution in [2.24, 2.45) is 11.8 Å². The van der Waals surface area contributed by atoms with Crippen LogP contribution in [0.25, 0.3) is 0 Å². The van der Waals surface area contributed by atoms with Crippen LogP contribution in [-0.2, 0) is 30.3 Å². The van der Waals surface area contributed by atoms with Crippen molar-refractivity contribution in [3.63, 3.8) is 0 Å². The second-order valence-electron chi connectivity index (χ2n) is 7.95. The molecule has 0 saturated carbocycles. The zero-order valence-electron chi connectivity index (χ0n) is 17.5. The molecule has 0 aromatic heterocycles. The van der Waals surface area contributed by atoms with E-state index in [1.165, 1.54) is 4.90 Å². The third-order valence-corrected chi connectivity index (χ3v) is 5.91. The number of likely N-dealkylation sites (tertiary alicyclic amines) is 1. The summed E-state index contributed by atoms with van der Waals surface area (Å²) in [4.78, 5) is 38.8. The van der Waals surface area contributed by atoms with E-state index < -0.39 is 30.1 Å². The van der Waals surface area contributed by atoms with Gasteiger partial charge in [0.15, 0.2) is 0 Å². The van der Waals surface area contributed by atoms with Gasteiger partial charge < -0.3 is 19.5 Å². The first-order chi connectivity index (χ1) is 14.4. The number of nitrogens with zero attached hydrogens (tertiary/aromatic N) is 1. The van der Waals surface area contributed by atoms with Crippen molar-refractivity contribution in [1.82, 2.24) is 10.2 Å². The van der Waals surface area contributed by atoms with Crippen molar-refractivity contribution in [3.05, 3.63) is 35.9 Å². The molecular formula is C22H30N2O6. The highest BCUT2D eigenvalue weighted by molar-refractivity contribution is 5.88. The van der Waals surface area contributed by atoms with E-state index >= 15 is 0 Å². The van der Waals surface area contributed by atoms with Gasteiger partial charge in [-0.05, 0) is 32.3 Å². The van der Waals surface area contributed by atoms with Crippen molar-refractivity contribution in [3.8, 4) is 0 Å². The number of hydrogen-bond acceptors (Lipinski definition) is 6. The maximum Gasteiger partial charge on any atom is 0.326 e. The number of ether oxygens (including phenoxy) is 2. The molecule has 2 heterocycles. The van der Waals surface area contributed by atoms with Crippen LogP contribution in [0.4, 0.5) is 0 Å². The molecule has 3 rings (SSSR count). The Morgan fingerprint density at radius 1 is 1.27 bits per heavy atom. The summed E-state index contributed by atoms with van der Waals surface area (Å²) in [6, 6.07) is 7.52. The summed E-state index contributed by atoms with van der Waals surface area (Å²) >= 11 is 0. The van der Waals surface area contributed by atoms with Crippen LogP contribution >= 0.6 is 0 Å². The first-order valence-electron chi connectivity index (χ1n) is 10.5. The molecule has 2 aliphatic rings. The summed E-state index contributed by atoms with van der Waals surface area (Å²) in [6.45, 7) is 4.85. The summed E-state index contributed by atoms with van der Waals surface area (Å²) in [5, 5.41) is 12.8. The van der Waals surface area contributed by atoms with Gasteiger partial charge in [0.1, 0.15) is 12.1 Å². The molecule has 0 spiro atoms. The molecule has 0 bridgehead atoms. The van der Waals surface area contributed by atoms with Crippen LogP contribution in [0, 0.1) is 11.8 Å². The van der Waals surface area contributed by atoms with E-state index in [0.29, 0.717) is 32.6 Å². The maximum atomic E-state index is 13.1. The number of aryl methyl sites for hydroxylation is 1. The number of rotatable bonds is 9. The molecule has 8 heteroatoms. The number of carboxylic acid groups (broad SMARTS) is 1. The van der Waals surface area contributed by atoms with Crippen LogP contribution in [0.1, 0.15) is 25.8 Å². The lowest BCUT2D eigenvalue weighted by Gasteiger charge is -2.29. The van der Waals surface area contributed by atoms with Gasteiger partial charge in [-0.15, -0.1) is 0 Å². The zero-order chi connectivity index (χ0) is 21.7. The average molecular weight is 418 g/mol. The third-order valence-electron chi connectivity index (χ3n) is 5.91. The normalized spacial score (nSPS) is 24.9. The van der Waals surface area contributed by atoms with Crippen LogP contribution < -0.4 is 5.32 Å². The van der Waals surface area contributed by atoms with E-state index in [1.54, 1.807) is 13.8 Å². The van der Waals surface area contributed by atoms with Crippen LogP contribution in [-0.4, -0.2) is 72.3 Å². The zero-order valence-corrected chi connectivity index (χ0v) is 17.5. The van der Waals surface area contributed by atoms with Crippen LogP contribution in [0.2, 0.25) is 0 Å². The summed E-state index contributed by atoms with van der Waals surface area (Å²) < 4.78 is 10.6. The number of nitrogens with one attached hydrogen (secondary N) is 1. The highest BCUT2D eigenvalue weighted by Gasteiger charge is 2.51. The molecule has 0 radical (unpaired) electrons. The Morgan fingerprint density at radius 2 is 2.00 bits per heavy atom. The smallest absolute Gasteiger partial charge is 0.326 e. The van der Waals surface area contributed by atoms with Gasteiger partial charge in [0, 0.05) is 18.4 Å². The standard InChI is InChI=1S/C22H30N2O6/c1-3-30-22(28)18(10-9-15-7-5-4-6-8-15)23-14(2)20(25)24-11-16-12-29-13-17(16)19(24)21(26)27/h4-8,14,16-19,23H,3,9-13H2,1-2H3,(H,26,27)/t14?,16?,17?,18-,19-/m0/s1. The summed E-state index contributed by atoms with van der Waals surface area (Å²) in [7, 11) is 0. The Morgan fingerprint density at radius 3 is 2.67 bits per heavy atom. The van der Waals surface area contributed by atoms with Gasteiger partial charge >= 0.3 is 11.9 Å². The molecule has 2 N–H and O–H groups in total. The molecule has 164 valence electrons. The Balaban J connectivity index is 1.66. The van der Waals surface area contributed by atoms with Crippen LogP contribution in [0.3, 0.4) is 0 Å². The van der Waals surface area contributed by atoms with Gasteiger partial charge in [0.05, 0.1) is 25.9 Å². The quantitative estimate of drug-likeness (QED) is 0.578. The fourth-order valence-electron chi connectivity index (χ4n) is 4.38. The minimum Gasteiger partial charge on any atom is -0.480 e. The molecule has 2 fully saturated rings. The molecule has 5 atom stereocenters. The van der Waals surface area contributed by atoms with Gasteiger partial charge in [-0.25, -0.2) is 4.79 Å². The monoisotopic (exact) mass is 418 g/mol. The van der Waals surface area contributed by atoms with Gasteiger partial charge in [-0.1, -0.05) is 30.3 Å². The van der Waals surface area contributed by atoms with E-state index in [0.717, 1.165) is 5.56 Å². The van der Waals surface area contributed by atoms with Crippen LogP contribution in [0.5, 0.6) is 0 Å². The van der Waals surface area contributed by atoms with Crippen molar-refractivity contribution in [1.29, 1.82) is 0 Å². The highest BCUT2D eigenvalue weighted by atomic mass is 16.5. The molecule has 1 aromatic rings. The molecule has 30 heavy (non-hydrogen) atoms. The summed E-state index contributed by atoms with van der Waals surface area (Å²) in [5.74, 6) is -1.88. The van der Waals surface area contributed by atoms with E-state index in [9.17, 15) is 19.5 Å². The van der Waals surface area contributed by atoms with Gasteiger partial charge in [-0.3, -0.25) is 14.9 Å². The topological polar surface area (TPSA) is 105 Å². The minimum absolute atomic E-state index is 0.0428. The molecule has 3 unspecified atom stereocenters. The lowest BCUT2D eigenvalue weighted by atomic mass is 9.94. The van der Waals surface area contributed by atoms with E-state index in [2.05, 4.69) is 5.32 Å². The number of hydrogen-bond donors (Lipinski definition) is 2. The Hall–Kier alpha value is -2.45. The molecular weight excluding hydrogens is 388 g/mol. The Kier molecular flexibility index (Phi) is 7.44. The largest absolute Gasteiger partial charge is 0.480 e. The maximum absolute atomic E-state index is 13.1. The number of carbonyl (C=O) groups is 3. The van der Waals surface area contributed by atoms with E-state index in [-0.39, 0.29) is 24.3 Å². The second-order valence-corrected chi connectivity index (χ2v) is 7.95. The summed E-state index contributed by atoms with van der Waals surface area (Å²) in [5.41, 5.74) is 1.09. The molecule has 2 aliphatic heterocycles. The van der Waals surface area contributed by atoms with Crippen LogP contribution in [0.15, 0.2) is 30.3 Å². The predicted octanol–water partition coefficient (Wildman–Crippen LogP) is 1.09. The van der Waals surface area contributed by atoms with Crippen molar-refractivity contribution in [2.45, 2.75) is 44.8 Å². The molecule has 1 amide bonds. The molecule has 8 nitrogen and oxygen atoms in total. The SMILES string of the molecule is CCOC(=O)[C@H](CCc1ccccc1)NC(C)C(=O)N1CC2COCC2[C@H]1C(=O)O. The number of benzene rings is 1. The third kappa shape index (κ3) is 4.99. The lowest BCUT2D eigenvalue weighted by molar-refractivity contribution is -0.151. The first-order valence-corrected chi connectivity index (χ1v) is 10.5. The average Bonchev–Trinajstić information content (AvgIpc) is 3.32. The minimum atomic E-state index is -1.01. The predicted molar refractivity (Wildman–Crippen MR) is 109 cm³/mol. The number of aliphatic carboxylic acids is 1. The molecule has 1 aromatic carbocycles. The van der Waals surface area contributed by atoms with E-state index in [1.807, 2.05) is 30.3 Å². The Labute approximate surface area is 176 Å². The molecule has 2 saturated heterocycles. The fourth-order valence-corrected chi connectivity index (χ4v) is 4.38. The van der Waals surface area contributed by atoms with Crippen molar-refractivity contribution in [2.75, 3.05) is 26.4 Å². The number of carboxylic acids is 1. The number of fused-ring (bicyclic) bond motifs is 1. The summed E-state index contributed by atoms with van der Waals surface area (Å²) in [6.07, 6.45) is 1.13. The first kappa shape index (κ1) is 22.2. The number of carbonyl (C=O) groups excluding carboxylic acids is 2.